The first-order valence-electron chi connectivity index (χ1n) is 8.24. The lowest BCUT2D eigenvalue weighted by Crippen LogP contribution is -2.26. The number of aryl methyl sites for hydroxylation is 1. The average molecular weight is 371 g/mol. The number of alkyl halides is 3. The number of carbonyl (C=O) groups is 1. The van der Waals surface area contributed by atoms with Gasteiger partial charge in [0.2, 0.25) is 5.91 Å². The maximum absolute atomic E-state index is 11.9. The van der Waals surface area contributed by atoms with Crippen molar-refractivity contribution in [2.75, 3.05) is 19.8 Å². The number of fused-ring (bicyclic) bond motifs is 1. The fourth-order valence-corrected chi connectivity index (χ4v) is 2.35. The zero-order valence-corrected chi connectivity index (χ0v) is 14.1. The Hall–Kier alpha value is -2.42. The number of nitrogens with zero attached hydrogens (tertiary/aromatic N) is 1. The second-order valence-electron chi connectivity index (χ2n) is 5.75. The highest BCUT2D eigenvalue weighted by Crippen LogP contribution is 2.14. The topological polar surface area (TPSA) is 84.1 Å². The first-order chi connectivity index (χ1) is 12.3. The van der Waals surface area contributed by atoms with Crippen LogP contribution in [0, 0.1) is 0 Å². The quantitative estimate of drug-likeness (QED) is 0.663. The Morgan fingerprint density at radius 1 is 1.23 bits per heavy atom. The zero-order chi connectivity index (χ0) is 19.0. The number of halogens is 3. The zero-order valence-electron chi connectivity index (χ0n) is 14.1. The minimum Gasteiger partial charge on any atom is -0.372 e. The van der Waals surface area contributed by atoms with E-state index in [1.807, 2.05) is 0 Å². The highest BCUT2D eigenvalue weighted by molar-refractivity contribution is 5.77. The van der Waals surface area contributed by atoms with Gasteiger partial charge in [-0.3, -0.25) is 9.59 Å². The Bertz CT molecular complexity index is 790. The van der Waals surface area contributed by atoms with Gasteiger partial charge in [0.1, 0.15) is 12.4 Å². The van der Waals surface area contributed by atoms with E-state index in [0.717, 1.165) is 0 Å². The third-order valence-corrected chi connectivity index (χ3v) is 3.53. The Balaban J connectivity index is 1.65. The average Bonchev–Trinajstić information content (AvgIpc) is 2.57. The minimum atomic E-state index is -4.33. The van der Waals surface area contributed by atoms with Gasteiger partial charge in [-0.15, -0.1) is 0 Å². The second-order valence-corrected chi connectivity index (χ2v) is 5.75. The van der Waals surface area contributed by atoms with Crippen molar-refractivity contribution >= 4 is 16.8 Å². The molecule has 26 heavy (non-hydrogen) atoms. The molecule has 2 rings (SSSR count). The fraction of sp³-hybridized carbons (Fsp3) is 0.471. The van der Waals surface area contributed by atoms with Crippen LogP contribution >= 0.6 is 0 Å². The van der Waals surface area contributed by atoms with Crippen LogP contribution in [0.5, 0.6) is 0 Å². The molecule has 0 aliphatic carbocycles. The Morgan fingerprint density at radius 3 is 2.77 bits per heavy atom. The molecule has 1 aromatic heterocycles. The number of H-pyrrole nitrogens is 1. The van der Waals surface area contributed by atoms with Crippen molar-refractivity contribution in [3.63, 3.8) is 0 Å². The van der Waals surface area contributed by atoms with Gasteiger partial charge >= 0.3 is 6.18 Å². The fourth-order valence-electron chi connectivity index (χ4n) is 2.35. The van der Waals surface area contributed by atoms with E-state index in [-0.39, 0.29) is 31.0 Å². The molecule has 0 aliphatic heterocycles. The molecule has 1 aromatic carbocycles. The van der Waals surface area contributed by atoms with Crippen molar-refractivity contribution in [2.24, 2.45) is 0 Å². The van der Waals surface area contributed by atoms with Gasteiger partial charge in [-0.05, 0) is 25.0 Å². The van der Waals surface area contributed by atoms with Crippen LogP contribution in [0.2, 0.25) is 0 Å². The van der Waals surface area contributed by atoms with Crippen LogP contribution in [0.4, 0.5) is 13.2 Å². The first kappa shape index (κ1) is 19.9. The van der Waals surface area contributed by atoms with Gasteiger partial charge in [0.05, 0.1) is 10.9 Å². The molecule has 0 saturated carbocycles. The summed E-state index contributed by atoms with van der Waals surface area (Å²) in [6.07, 6.45) is -2.85. The maximum atomic E-state index is 11.9. The van der Waals surface area contributed by atoms with Gasteiger partial charge in [0, 0.05) is 26.0 Å². The number of aromatic nitrogens is 2. The van der Waals surface area contributed by atoms with E-state index in [4.69, 9.17) is 0 Å². The number of para-hydroxylation sites is 1. The van der Waals surface area contributed by atoms with Crippen molar-refractivity contribution in [3.05, 3.63) is 40.4 Å². The summed E-state index contributed by atoms with van der Waals surface area (Å²) in [5.74, 6) is 0.311. The van der Waals surface area contributed by atoms with Gasteiger partial charge in [0.25, 0.3) is 5.56 Å². The summed E-state index contributed by atoms with van der Waals surface area (Å²) in [6, 6.07) is 7.00. The largest absolute Gasteiger partial charge is 0.411 e. The normalized spacial score (nSPS) is 11.7. The molecule has 0 unspecified atom stereocenters. The smallest absolute Gasteiger partial charge is 0.372 e. The highest BCUT2D eigenvalue weighted by Gasteiger charge is 2.27. The molecule has 142 valence electrons. The van der Waals surface area contributed by atoms with Gasteiger partial charge < -0.3 is 15.0 Å². The lowest BCUT2D eigenvalue weighted by Gasteiger charge is -2.08. The van der Waals surface area contributed by atoms with Crippen LogP contribution in [0.3, 0.4) is 0 Å². The number of benzene rings is 1. The third kappa shape index (κ3) is 6.83. The number of hydrogen-bond acceptors (Lipinski definition) is 4. The number of nitrogens with one attached hydrogen (secondary N) is 2. The van der Waals surface area contributed by atoms with E-state index >= 15 is 0 Å². The van der Waals surface area contributed by atoms with Crippen LogP contribution in [-0.2, 0) is 16.0 Å². The van der Waals surface area contributed by atoms with Crippen molar-refractivity contribution in [3.8, 4) is 0 Å². The lowest BCUT2D eigenvalue weighted by molar-refractivity contribution is -0.174. The van der Waals surface area contributed by atoms with E-state index < -0.39 is 12.8 Å². The third-order valence-electron chi connectivity index (χ3n) is 3.53. The summed E-state index contributed by atoms with van der Waals surface area (Å²) in [5.41, 5.74) is 0.392. The number of rotatable bonds is 9. The SMILES string of the molecule is O=C(CCCc1nc2ccccc2c(=O)[nH]1)NCCCOCC(F)(F)F. The summed E-state index contributed by atoms with van der Waals surface area (Å²) in [4.78, 5) is 30.7. The van der Waals surface area contributed by atoms with Gasteiger partial charge in [-0.25, -0.2) is 4.98 Å². The second kappa shape index (κ2) is 9.33. The van der Waals surface area contributed by atoms with Crippen molar-refractivity contribution in [2.45, 2.75) is 31.9 Å². The van der Waals surface area contributed by atoms with Gasteiger partial charge in [-0.1, -0.05) is 12.1 Å². The molecular formula is C17H20F3N3O3. The summed E-state index contributed by atoms with van der Waals surface area (Å²) in [6.45, 7) is -1.10. The van der Waals surface area contributed by atoms with Gasteiger partial charge in [-0.2, -0.15) is 13.2 Å². The lowest BCUT2D eigenvalue weighted by atomic mass is 10.2. The van der Waals surface area contributed by atoms with E-state index in [2.05, 4.69) is 20.0 Å². The van der Waals surface area contributed by atoms with Crippen LogP contribution < -0.4 is 10.9 Å². The number of aromatic amines is 1. The van der Waals surface area contributed by atoms with E-state index in [1.54, 1.807) is 24.3 Å². The van der Waals surface area contributed by atoms with Crippen molar-refractivity contribution in [1.82, 2.24) is 15.3 Å². The molecule has 0 bridgehead atoms. The molecule has 6 nitrogen and oxygen atoms in total. The summed E-state index contributed by atoms with van der Waals surface area (Å²) in [5, 5.41) is 3.13. The van der Waals surface area contributed by atoms with E-state index in [1.165, 1.54) is 0 Å². The molecular weight excluding hydrogens is 351 g/mol. The Labute approximate surface area is 147 Å². The van der Waals surface area contributed by atoms with Crippen LogP contribution in [0.1, 0.15) is 25.1 Å². The van der Waals surface area contributed by atoms with Crippen molar-refractivity contribution < 1.29 is 22.7 Å². The highest BCUT2D eigenvalue weighted by atomic mass is 19.4. The maximum Gasteiger partial charge on any atom is 0.411 e. The minimum absolute atomic E-state index is 0.0674. The van der Waals surface area contributed by atoms with Crippen LogP contribution in [-0.4, -0.2) is 41.8 Å². The Kier molecular flexibility index (Phi) is 7.14. The van der Waals surface area contributed by atoms with Gasteiger partial charge in [0.15, 0.2) is 0 Å². The molecule has 0 radical (unpaired) electrons. The van der Waals surface area contributed by atoms with Crippen LogP contribution in [0.25, 0.3) is 10.9 Å². The summed E-state index contributed by atoms with van der Waals surface area (Å²) in [7, 11) is 0. The van der Waals surface area contributed by atoms with Crippen molar-refractivity contribution in [1.29, 1.82) is 0 Å². The molecule has 9 heteroatoms. The summed E-state index contributed by atoms with van der Waals surface area (Å²) < 4.78 is 40.0. The molecule has 0 aliphatic rings. The standard InChI is InChI=1S/C17H20F3N3O3/c18-17(19,20)11-26-10-4-9-21-15(24)8-3-7-14-22-13-6-2-1-5-12(13)16(25)23-14/h1-2,5-6H,3-4,7-11H2,(H,21,24)(H,22,23,25). The number of hydrogen-bond donors (Lipinski definition) is 2. The van der Waals surface area contributed by atoms with Crippen LogP contribution in [0.15, 0.2) is 29.1 Å². The molecule has 0 fully saturated rings. The first-order valence-corrected chi connectivity index (χ1v) is 8.24. The molecule has 1 amide bonds. The molecule has 2 N–H and O–H groups in total. The molecule has 2 aromatic rings. The number of ether oxygens (including phenoxy) is 1. The predicted molar refractivity (Wildman–Crippen MR) is 89.8 cm³/mol. The Morgan fingerprint density at radius 2 is 2.00 bits per heavy atom. The number of carbonyl (C=O) groups excluding carboxylic acids is 1. The predicted octanol–water partition coefficient (Wildman–Crippen LogP) is 2.33. The molecule has 0 atom stereocenters. The molecule has 1 heterocycles. The van der Waals surface area contributed by atoms with E-state index in [0.29, 0.717) is 36.0 Å². The monoisotopic (exact) mass is 371 g/mol. The number of amides is 1. The van der Waals surface area contributed by atoms with E-state index in [9.17, 15) is 22.8 Å². The summed E-state index contributed by atoms with van der Waals surface area (Å²) >= 11 is 0. The molecule has 0 spiro atoms. The molecule has 0 saturated heterocycles.